The van der Waals surface area contributed by atoms with Gasteiger partial charge in [0.15, 0.2) is 0 Å². The number of primary amides is 1. The maximum Gasteiger partial charge on any atom is 0.404 e. The van der Waals surface area contributed by atoms with E-state index < -0.39 is 6.09 Å². The van der Waals surface area contributed by atoms with Crippen LogP contribution in [-0.4, -0.2) is 24.0 Å². The van der Waals surface area contributed by atoms with Crippen LogP contribution in [0.3, 0.4) is 0 Å². The van der Waals surface area contributed by atoms with Gasteiger partial charge in [-0.2, -0.15) is 0 Å². The van der Waals surface area contributed by atoms with Crippen LogP contribution >= 0.6 is 0 Å². The highest BCUT2D eigenvalue weighted by Crippen LogP contribution is 2.32. The molecule has 0 aromatic heterocycles. The van der Waals surface area contributed by atoms with Gasteiger partial charge in [-0.15, -0.1) is 0 Å². The molecule has 2 saturated carbocycles. The number of carbonyl (C=O) groups is 1. The van der Waals surface area contributed by atoms with Crippen LogP contribution in [0.4, 0.5) is 4.79 Å². The van der Waals surface area contributed by atoms with Gasteiger partial charge in [0.25, 0.3) is 0 Å². The highest BCUT2D eigenvalue weighted by atomic mass is 16.6. The Morgan fingerprint density at radius 3 is 2.36 bits per heavy atom. The topological polar surface area (TPSA) is 73.9 Å². The summed E-state index contributed by atoms with van der Waals surface area (Å²) in [6, 6.07) is 0. The Bertz CT molecular complexity index is 385. The molecule has 2 aliphatic carbocycles. The first-order valence-corrected chi connectivity index (χ1v) is 8.72. The van der Waals surface area contributed by atoms with Gasteiger partial charge in [0, 0.05) is 5.92 Å². The third-order valence-electron chi connectivity index (χ3n) is 5.14. The molecule has 0 unspecified atom stereocenters. The molecule has 0 bridgehead atoms. The van der Waals surface area contributed by atoms with Crippen molar-refractivity contribution in [3.63, 3.8) is 0 Å². The molecule has 2 atom stereocenters. The second-order valence-corrected chi connectivity index (χ2v) is 6.90. The van der Waals surface area contributed by atoms with Gasteiger partial charge >= 0.3 is 6.09 Å². The molecule has 5 nitrogen and oxygen atoms in total. The highest BCUT2D eigenvalue weighted by Gasteiger charge is 2.29. The van der Waals surface area contributed by atoms with E-state index in [1.165, 1.54) is 25.7 Å². The van der Waals surface area contributed by atoms with E-state index in [0.717, 1.165) is 37.8 Å². The van der Waals surface area contributed by atoms with Crippen LogP contribution in [0.2, 0.25) is 0 Å². The molecule has 2 fully saturated rings. The van der Waals surface area contributed by atoms with Gasteiger partial charge in [0.1, 0.15) is 12.2 Å². The zero-order valence-corrected chi connectivity index (χ0v) is 13.9. The van der Waals surface area contributed by atoms with Gasteiger partial charge in [-0.1, -0.05) is 24.9 Å². The predicted octanol–water partition coefficient (Wildman–Crippen LogP) is 4.00. The number of nitrogens with two attached hydrogens (primary N) is 1. The van der Waals surface area contributed by atoms with E-state index in [0.29, 0.717) is 5.92 Å². The van der Waals surface area contributed by atoms with Crippen molar-refractivity contribution in [1.29, 1.82) is 0 Å². The largest absolute Gasteiger partial charge is 0.446 e. The van der Waals surface area contributed by atoms with Crippen LogP contribution in [0.1, 0.15) is 71.6 Å². The summed E-state index contributed by atoms with van der Waals surface area (Å²) in [5.74, 6) is 0.671. The van der Waals surface area contributed by atoms with Crippen molar-refractivity contribution in [2.75, 3.05) is 0 Å². The number of oxime groups is 1. The van der Waals surface area contributed by atoms with Crippen LogP contribution in [0, 0.1) is 11.8 Å². The first-order chi connectivity index (χ1) is 10.6. The minimum atomic E-state index is -0.666. The molecule has 2 N–H and O–H groups in total. The average Bonchev–Trinajstić information content (AvgIpc) is 3.16. The van der Waals surface area contributed by atoms with Crippen LogP contribution in [0.5, 0.6) is 0 Å². The maximum atomic E-state index is 11.2. The van der Waals surface area contributed by atoms with Crippen LogP contribution in [-0.2, 0) is 9.57 Å². The molecule has 2 aliphatic rings. The Kier molecular flexibility index (Phi) is 6.52. The molecule has 0 aliphatic heterocycles. The molecule has 0 radical (unpaired) electrons. The summed E-state index contributed by atoms with van der Waals surface area (Å²) < 4.78 is 5.38. The molecule has 126 valence electrons. The summed E-state index contributed by atoms with van der Waals surface area (Å²) in [5.41, 5.74) is 6.21. The number of rotatable bonds is 7. The highest BCUT2D eigenvalue weighted by molar-refractivity contribution is 5.83. The van der Waals surface area contributed by atoms with Crippen molar-refractivity contribution < 1.29 is 14.4 Å². The van der Waals surface area contributed by atoms with Gasteiger partial charge in [-0.3, -0.25) is 0 Å². The maximum absolute atomic E-state index is 11.2. The average molecular weight is 310 g/mol. The van der Waals surface area contributed by atoms with Crippen LogP contribution in [0.15, 0.2) is 5.16 Å². The lowest BCUT2D eigenvalue weighted by atomic mass is 9.90. The molecule has 1 amide bonds. The first-order valence-electron chi connectivity index (χ1n) is 8.72. The summed E-state index contributed by atoms with van der Waals surface area (Å²) in [6.07, 6.45) is 9.69. The lowest BCUT2D eigenvalue weighted by Crippen LogP contribution is -2.31. The summed E-state index contributed by atoms with van der Waals surface area (Å²) in [7, 11) is 0. The lowest BCUT2D eigenvalue weighted by Gasteiger charge is -2.25. The van der Waals surface area contributed by atoms with E-state index in [-0.39, 0.29) is 18.1 Å². The molecular weight excluding hydrogens is 280 g/mol. The van der Waals surface area contributed by atoms with Crippen molar-refractivity contribution in [2.45, 2.75) is 83.8 Å². The summed E-state index contributed by atoms with van der Waals surface area (Å²) in [5, 5.41) is 4.31. The molecule has 5 heteroatoms. The van der Waals surface area contributed by atoms with Crippen molar-refractivity contribution in [3.05, 3.63) is 0 Å². The second-order valence-electron chi connectivity index (χ2n) is 6.90. The summed E-state index contributed by atoms with van der Waals surface area (Å²) >= 11 is 0. The number of ether oxygens (including phenoxy) is 1. The van der Waals surface area contributed by atoms with Crippen LogP contribution in [0.25, 0.3) is 0 Å². The zero-order chi connectivity index (χ0) is 15.9. The molecule has 0 aromatic carbocycles. The number of hydrogen-bond donors (Lipinski definition) is 1. The lowest BCUT2D eigenvalue weighted by molar-refractivity contribution is 0.0545. The van der Waals surface area contributed by atoms with Crippen molar-refractivity contribution in [2.24, 2.45) is 22.7 Å². The van der Waals surface area contributed by atoms with Crippen molar-refractivity contribution in [1.82, 2.24) is 0 Å². The Balaban J connectivity index is 1.86. The van der Waals surface area contributed by atoms with Crippen molar-refractivity contribution >= 4 is 11.8 Å². The molecule has 0 aromatic rings. The Hall–Kier alpha value is -1.26. The number of nitrogens with zero attached hydrogens (tertiary/aromatic N) is 1. The molecule has 0 heterocycles. The monoisotopic (exact) mass is 310 g/mol. The van der Waals surface area contributed by atoms with Gasteiger partial charge < -0.3 is 15.3 Å². The summed E-state index contributed by atoms with van der Waals surface area (Å²) in [4.78, 5) is 16.8. The van der Waals surface area contributed by atoms with Gasteiger partial charge in [0.2, 0.25) is 0 Å². The Morgan fingerprint density at radius 2 is 1.77 bits per heavy atom. The molecule has 0 spiro atoms. The van der Waals surface area contributed by atoms with E-state index >= 15 is 0 Å². The Labute approximate surface area is 133 Å². The smallest absolute Gasteiger partial charge is 0.404 e. The second kappa shape index (κ2) is 8.39. The van der Waals surface area contributed by atoms with Gasteiger partial charge in [0.05, 0.1) is 5.71 Å². The fraction of sp³-hybridized carbons (Fsp3) is 0.882. The quantitative estimate of drug-likeness (QED) is 0.570. The minimum absolute atomic E-state index is 0.0911. The Morgan fingerprint density at radius 1 is 1.18 bits per heavy atom. The third kappa shape index (κ3) is 5.18. The summed E-state index contributed by atoms with van der Waals surface area (Å²) in [6.45, 7) is 4.11. The molecular formula is C17H30N2O3. The van der Waals surface area contributed by atoms with E-state index in [4.69, 9.17) is 15.3 Å². The number of hydrogen-bond acceptors (Lipinski definition) is 4. The van der Waals surface area contributed by atoms with Gasteiger partial charge in [-0.05, 0) is 57.8 Å². The van der Waals surface area contributed by atoms with E-state index in [9.17, 15) is 4.79 Å². The standard InChI is InChI=1S/C17H30N2O3/c1-12(13(2)19-22-15-9-5-6-10-15)11-16(21-17(18)20)14-7-3-4-8-14/h12,14-16H,3-11H2,1-2H3,(H2,18,20)/b19-13-/t12-,16+/m0/s1. The molecule has 0 saturated heterocycles. The third-order valence-corrected chi connectivity index (χ3v) is 5.14. The minimum Gasteiger partial charge on any atom is -0.446 e. The fourth-order valence-corrected chi connectivity index (χ4v) is 3.58. The van der Waals surface area contributed by atoms with E-state index in [1.54, 1.807) is 0 Å². The van der Waals surface area contributed by atoms with Gasteiger partial charge in [-0.25, -0.2) is 4.79 Å². The van der Waals surface area contributed by atoms with Crippen molar-refractivity contribution in [3.8, 4) is 0 Å². The SMILES string of the molecule is C/C(=N/OC1CCCC1)[C@@H](C)C[C@@H](OC(N)=O)C1CCCC1. The number of amides is 1. The number of carbonyl (C=O) groups excluding carboxylic acids is 1. The van der Waals surface area contributed by atoms with E-state index in [1.807, 2.05) is 6.92 Å². The normalized spacial score (nSPS) is 23.5. The first kappa shape index (κ1) is 17.1. The molecule has 22 heavy (non-hydrogen) atoms. The predicted molar refractivity (Wildman–Crippen MR) is 86.6 cm³/mol. The zero-order valence-electron chi connectivity index (χ0n) is 13.9. The fourth-order valence-electron chi connectivity index (χ4n) is 3.58. The van der Waals surface area contributed by atoms with Crippen LogP contribution < -0.4 is 5.73 Å². The molecule has 2 rings (SSSR count). The van der Waals surface area contributed by atoms with E-state index in [2.05, 4.69) is 12.1 Å².